The summed E-state index contributed by atoms with van der Waals surface area (Å²) in [5.74, 6) is 0. The van der Waals surface area contributed by atoms with Crippen molar-refractivity contribution in [3.05, 3.63) is 53.3 Å². The van der Waals surface area contributed by atoms with Crippen LogP contribution in [0.3, 0.4) is 0 Å². The smallest absolute Gasteiger partial charge is 0.315 e. The molecule has 1 aliphatic rings. The first kappa shape index (κ1) is 17.5. The number of aliphatic hydroxyl groups excluding tert-OH is 1. The SMILES string of the molecule is Cn1cc([C@H](CO)NC(=O)N[C@H]2CCC(C)(C)c3ccccc32)cn1. The molecule has 25 heavy (non-hydrogen) atoms. The highest BCUT2D eigenvalue weighted by Crippen LogP contribution is 2.41. The van der Waals surface area contributed by atoms with Crippen LogP contribution in [0.25, 0.3) is 0 Å². The summed E-state index contributed by atoms with van der Waals surface area (Å²) in [7, 11) is 1.80. The van der Waals surface area contributed by atoms with Crippen LogP contribution in [0, 0.1) is 0 Å². The molecule has 2 aromatic rings. The quantitative estimate of drug-likeness (QED) is 0.799. The number of aliphatic hydroxyl groups is 1. The molecule has 2 amide bonds. The number of carbonyl (C=O) groups excluding carboxylic acids is 1. The Kier molecular flexibility index (Phi) is 4.81. The highest BCUT2D eigenvalue weighted by atomic mass is 16.3. The van der Waals surface area contributed by atoms with Crippen molar-refractivity contribution in [3.63, 3.8) is 0 Å². The lowest BCUT2D eigenvalue weighted by molar-refractivity contribution is 0.211. The van der Waals surface area contributed by atoms with Crippen molar-refractivity contribution in [2.24, 2.45) is 7.05 Å². The van der Waals surface area contributed by atoms with Crippen LogP contribution in [-0.4, -0.2) is 27.5 Å². The Morgan fingerprint density at radius 2 is 2.20 bits per heavy atom. The number of rotatable bonds is 4. The van der Waals surface area contributed by atoms with E-state index in [1.165, 1.54) is 11.1 Å². The van der Waals surface area contributed by atoms with E-state index in [0.29, 0.717) is 0 Å². The van der Waals surface area contributed by atoms with Crippen molar-refractivity contribution in [2.75, 3.05) is 6.61 Å². The molecule has 134 valence electrons. The molecule has 3 rings (SSSR count). The van der Waals surface area contributed by atoms with Gasteiger partial charge in [0.1, 0.15) is 0 Å². The Morgan fingerprint density at radius 1 is 1.44 bits per heavy atom. The van der Waals surface area contributed by atoms with Crippen LogP contribution in [0.2, 0.25) is 0 Å². The molecule has 1 aliphatic carbocycles. The van der Waals surface area contributed by atoms with Gasteiger partial charge in [-0.2, -0.15) is 5.10 Å². The second-order valence-corrected chi connectivity index (χ2v) is 7.36. The van der Waals surface area contributed by atoms with Crippen LogP contribution in [-0.2, 0) is 12.5 Å². The predicted octanol–water partition coefficient (Wildman–Crippen LogP) is 2.57. The maximum absolute atomic E-state index is 12.5. The molecule has 0 bridgehead atoms. The maximum Gasteiger partial charge on any atom is 0.315 e. The zero-order valence-corrected chi connectivity index (χ0v) is 15.0. The molecule has 0 fully saturated rings. The summed E-state index contributed by atoms with van der Waals surface area (Å²) in [5.41, 5.74) is 3.37. The van der Waals surface area contributed by atoms with Gasteiger partial charge in [0.25, 0.3) is 0 Å². The monoisotopic (exact) mass is 342 g/mol. The third-order valence-corrected chi connectivity index (χ3v) is 5.04. The number of benzene rings is 1. The average Bonchev–Trinajstić information content (AvgIpc) is 3.02. The normalized spacial score (nSPS) is 19.8. The fraction of sp³-hybridized carbons (Fsp3) is 0.474. The molecule has 0 saturated heterocycles. The zero-order valence-electron chi connectivity index (χ0n) is 15.0. The molecule has 3 N–H and O–H groups in total. The summed E-state index contributed by atoms with van der Waals surface area (Å²) in [5, 5.41) is 19.6. The molecule has 6 heteroatoms. The summed E-state index contributed by atoms with van der Waals surface area (Å²) < 4.78 is 1.65. The number of hydrogen-bond donors (Lipinski definition) is 3. The average molecular weight is 342 g/mol. The molecule has 0 spiro atoms. The van der Waals surface area contributed by atoms with Crippen LogP contribution >= 0.6 is 0 Å². The topological polar surface area (TPSA) is 79.2 Å². The van der Waals surface area contributed by atoms with Crippen molar-refractivity contribution >= 4 is 6.03 Å². The van der Waals surface area contributed by atoms with Gasteiger partial charge in [-0.1, -0.05) is 38.1 Å². The molecule has 0 unspecified atom stereocenters. The molecule has 0 aliphatic heterocycles. The summed E-state index contributed by atoms with van der Waals surface area (Å²) >= 11 is 0. The molecular weight excluding hydrogens is 316 g/mol. The molecular formula is C19H26N4O2. The minimum Gasteiger partial charge on any atom is -0.394 e. The van der Waals surface area contributed by atoms with E-state index in [9.17, 15) is 9.90 Å². The van der Waals surface area contributed by atoms with Crippen LogP contribution < -0.4 is 10.6 Å². The van der Waals surface area contributed by atoms with Gasteiger partial charge in [0.15, 0.2) is 0 Å². The van der Waals surface area contributed by atoms with E-state index in [1.807, 2.05) is 12.1 Å². The number of urea groups is 1. The van der Waals surface area contributed by atoms with E-state index in [2.05, 4.69) is 41.7 Å². The van der Waals surface area contributed by atoms with Gasteiger partial charge < -0.3 is 15.7 Å². The number of carbonyl (C=O) groups is 1. The van der Waals surface area contributed by atoms with Crippen LogP contribution in [0.15, 0.2) is 36.7 Å². The van der Waals surface area contributed by atoms with Crippen LogP contribution in [0.5, 0.6) is 0 Å². The molecule has 6 nitrogen and oxygen atoms in total. The van der Waals surface area contributed by atoms with E-state index >= 15 is 0 Å². The van der Waals surface area contributed by atoms with Gasteiger partial charge >= 0.3 is 6.03 Å². The molecule has 1 aromatic carbocycles. The first-order valence-electron chi connectivity index (χ1n) is 8.66. The van der Waals surface area contributed by atoms with Gasteiger partial charge in [0.2, 0.25) is 0 Å². The first-order valence-corrected chi connectivity index (χ1v) is 8.66. The van der Waals surface area contributed by atoms with Gasteiger partial charge in [0, 0.05) is 18.8 Å². The van der Waals surface area contributed by atoms with Gasteiger partial charge in [-0.3, -0.25) is 4.68 Å². The Balaban J connectivity index is 1.71. The highest BCUT2D eigenvalue weighted by Gasteiger charge is 2.33. The molecule has 0 saturated carbocycles. The fourth-order valence-electron chi connectivity index (χ4n) is 3.58. The van der Waals surface area contributed by atoms with Gasteiger partial charge in [-0.25, -0.2) is 4.79 Å². The number of amides is 2. The van der Waals surface area contributed by atoms with Gasteiger partial charge in [0.05, 0.1) is 24.9 Å². The highest BCUT2D eigenvalue weighted by molar-refractivity contribution is 5.75. The fourth-order valence-corrected chi connectivity index (χ4v) is 3.58. The van der Waals surface area contributed by atoms with Gasteiger partial charge in [-0.05, 0) is 29.4 Å². The Bertz CT molecular complexity index is 753. The minimum atomic E-state index is -0.469. The van der Waals surface area contributed by atoms with E-state index in [1.54, 1.807) is 24.1 Å². The molecule has 0 radical (unpaired) electrons. The van der Waals surface area contributed by atoms with Crippen molar-refractivity contribution in [1.82, 2.24) is 20.4 Å². The Labute approximate surface area is 148 Å². The largest absolute Gasteiger partial charge is 0.394 e. The summed E-state index contributed by atoms with van der Waals surface area (Å²) in [4.78, 5) is 12.5. The van der Waals surface area contributed by atoms with E-state index in [-0.39, 0.29) is 24.1 Å². The lowest BCUT2D eigenvalue weighted by Gasteiger charge is -2.37. The minimum absolute atomic E-state index is 0.0162. The van der Waals surface area contributed by atoms with Crippen molar-refractivity contribution in [1.29, 1.82) is 0 Å². The molecule has 1 heterocycles. The summed E-state index contributed by atoms with van der Waals surface area (Å²) in [6, 6.07) is 7.54. The Hall–Kier alpha value is -2.34. The van der Waals surface area contributed by atoms with Crippen molar-refractivity contribution in [3.8, 4) is 0 Å². The number of aryl methyl sites for hydroxylation is 1. The second kappa shape index (κ2) is 6.88. The Morgan fingerprint density at radius 3 is 2.88 bits per heavy atom. The van der Waals surface area contributed by atoms with Gasteiger partial charge in [-0.15, -0.1) is 0 Å². The third kappa shape index (κ3) is 3.69. The number of nitrogens with zero attached hydrogens (tertiary/aromatic N) is 2. The maximum atomic E-state index is 12.5. The van der Waals surface area contributed by atoms with Crippen LogP contribution in [0.4, 0.5) is 4.79 Å². The van der Waals surface area contributed by atoms with E-state index in [0.717, 1.165) is 18.4 Å². The van der Waals surface area contributed by atoms with Crippen molar-refractivity contribution in [2.45, 2.75) is 44.2 Å². The lowest BCUT2D eigenvalue weighted by Crippen LogP contribution is -2.43. The number of hydrogen-bond acceptors (Lipinski definition) is 3. The standard InChI is InChI=1S/C19H26N4O2/c1-19(2)9-8-16(14-6-4-5-7-15(14)19)21-18(25)22-17(12-24)13-10-20-23(3)11-13/h4-7,10-11,16-17,24H,8-9,12H2,1-3H3,(H2,21,22,25)/t16-,17-/m0/s1. The molecule has 2 atom stereocenters. The van der Waals surface area contributed by atoms with E-state index < -0.39 is 6.04 Å². The molecule has 1 aromatic heterocycles. The second-order valence-electron chi connectivity index (χ2n) is 7.36. The van der Waals surface area contributed by atoms with Crippen molar-refractivity contribution < 1.29 is 9.90 Å². The number of nitrogens with one attached hydrogen (secondary N) is 2. The zero-order chi connectivity index (χ0) is 18.0. The number of aromatic nitrogens is 2. The summed E-state index contributed by atoms with van der Waals surface area (Å²) in [6.07, 6.45) is 5.36. The van der Waals surface area contributed by atoms with Crippen LogP contribution in [0.1, 0.15) is 55.5 Å². The predicted molar refractivity (Wildman–Crippen MR) is 96.1 cm³/mol. The lowest BCUT2D eigenvalue weighted by atomic mass is 9.71. The first-order chi connectivity index (χ1) is 11.9. The summed E-state index contributed by atoms with van der Waals surface area (Å²) in [6.45, 7) is 4.31. The van der Waals surface area contributed by atoms with E-state index in [4.69, 9.17) is 0 Å². The third-order valence-electron chi connectivity index (χ3n) is 5.04. The number of fused-ring (bicyclic) bond motifs is 1.